The Labute approximate surface area is 185 Å². The Morgan fingerprint density at radius 2 is 1.77 bits per heavy atom. The van der Waals surface area contributed by atoms with Crippen molar-refractivity contribution >= 4 is 17.6 Å². The highest BCUT2D eigenvalue weighted by Crippen LogP contribution is 2.30. The number of hydrogen-bond donors (Lipinski definition) is 3. The molecule has 0 unspecified atom stereocenters. The van der Waals surface area contributed by atoms with E-state index in [0.29, 0.717) is 42.7 Å². The Bertz CT molecular complexity index is 850. The van der Waals surface area contributed by atoms with E-state index in [9.17, 15) is 4.79 Å². The molecule has 0 spiro atoms. The molecule has 7 nitrogen and oxygen atoms in total. The highest BCUT2D eigenvalue weighted by Gasteiger charge is 2.08. The lowest BCUT2D eigenvalue weighted by molar-refractivity contribution is 0.0953. The molecule has 0 aliphatic rings. The maximum Gasteiger partial charge on any atom is 0.251 e. The number of hydrogen-bond acceptors (Lipinski definition) is 4. The molecule has 0 aromatic heterocycles. The van der Waals surface area contributed by atoms with E-state index < -0.39 is 0 Å². The predicted molar refractivity (Wildman–Crippen MR) is 126 cm³/mol. The number of guanidine groups is 1. The second-order valence-corrected chi connectivity index (χ2v) is 6.93. The van der Waals surface area contributed by atoms with Gasteiger partial charge in [0, 0.05) is 30.4 Å². The second-order valence-electron chi connectivity index (χ2n) is 6.93. The monoisotopic (exact) mass is 426 g/mol. The van der Waals surface area contributed by atoms with E-state index in [1.807, 2.05) is 56.3 Å². The van der Waals surface area contributed by atoms with E-state index in [-0.39, 0.29) is 5.91 Å². The molecule has 7 heteroatoms. The number of ether oxygens (including phenoxy) is 2. The number of aliphatic imine (C=N–C) groups is 1. The van der Waals surface area contributed by atoms with E-state index in [2.05, 4.69) is 27.9 Å². The lowest BCUT2D eigenvalue weighted by Crippen LogP contribution is -2.30. The van der Waals surface area contributed by atoms with Gasteiger partial charge in [0.15, 0.2) is 17.5 Å². The average molecular weight is 427 g/mol. The SMILES string of the molecule is CCCCNC(=O)c1ccc(CN=C(NCC)Nc2ccc(OCC)c(OC)c2)cc1. The van der Waals surface area contributed by atoms with Crippen molar-refractivity contribution in [2.24, 2.45) is 4.99 Å². The molecule has 0 saturated carbocycles. The number of nitrogens with one attached hydrogen (secondary N) is 3. The molecule has 2 rings (SSSR count). The molecule has 1 amide bonds. The van der Waals surface area contributed by atoms with Crippen molar-refractivity contribution in [3.8, 4) is 11.5 Å². The number of nitrogens with zero attached hydrogens (tertiary/aromatic N) is 1. The van der Waals surface area contributed by atoms with E-state index in [1.165, 1.54) is 0 Å². The fourth-order valence-corrected chi connectivity index (χ4v) is 2.88. The van der Waals surface area contributed by atoms with Crippen LogP contribution in [0.3, 0.4) is 0 Å². The zero-order chi connectivity index (χ0) is 22.5. The van der Waals surface area contributed by atoms with Crippen LogP contribution in [0.1, 0.15) is 49.5 Å². The Kier molecular flexibility index (Phi) is 10.2. The highest BCUT2D eigenvalue weighted by atomic mass is 16.5. The van der Waals surface area contributed by atoms with E-state index in [0.717, 1.165) is 30.6 Å². The van der Waals surface area contributed by atoms with Gasteiger partial charge < -0.3 is 25.4 Å². The molecular weight excluding hydrogens is 392 g/mol. The first-order valence-electron chi connectivity index (χ1n) is 10.8. The van der Waals surface area contributed by atoms with Crippen LogP contribution >= 0.6 is 0 Å². The molecule has 168 valence electrons. The summed E-state index contributed by atoms with van der Waals surface area (Å²) in [4.78, 5) is 16.8. The Balaban J connectivity index is 2.03. The molecule has 0 saturated heterocycles. The quantitative estimate of drug-likeness (QED) is 0.285. The number of anilines is 1. The third kappa shape index (κ3) is 7.85. The summed E-state index contributed by atoms with van der Waals surface area (Å²) in [6.07, 6.45) is 2.04. The molecule has 0 heterocycles. The summed E-state index contributed by atoms with van der Waals surface area (Å²) in [5, 5.41) is 9.46. The number of benzene rings is 2. The van der Waals surface area contributed by atoms with E-state index >= 15 is 0 Å². The lowest BCUT2D eigenvalue weighted by atomic mass is 10.1. The van der Waals surface area contributed by atoms with Gasteiger partial charge in [-0.1, -0.05) is 25.5 Å². The zero-order valence-corrected chi connectivity index (χ0v) is 19.0. The van der Waals surface area contributed by atoms with E-state index in [1.54, 1.807) is 7.11 Å². The van der Waals surface area contributed by atoms with Crippen molar-refractivity contribution in [3.05, 3.63) is 53.6 Å². The summed E-state index contributed by atoms with van der Waals surface area (Å²) >= 11 is 0. The number of carbonyl (C=O) groups excluding carboxylic acids is 1. The maximum atomic E-state index is 12.1. The summed E-state index contributed by atoms with van der Waals surface area (Å²) < 4.78 is 11.0. The highest BCUT2D eigenvalue weighted by molar-refractivity contribution is 5.94. The van der Waals surface area contributed by atoms with Crippen LogP contribution in [0, 0.1) is 0 Å². The molecule has 0 aliphatic heterocycles. The largest absolute Gasteiger partial charge is 0.493 e. The van der Waals surface area contributed by atoms with E-state index in [4.69, 9.17) is 9.47 Å². The van der Waals surface area contributed by atoms with Gasteiger partial charge in [-0.05, 0) is 50.1 Å². The van der Waals surface area contributed by atoms with Gasteiger partial charge in [0.2, 0.25) is 0 Å². The molecular formula is C24H34N4O3. The summed E-state index contributed by atoms with van der Waals surface area (Å²) in [5.74, 6) is 1.99. The maximum absolute atomic E-state index is 12.1. The Hall–Kier alpha value is -3.22. The third-order valence-corrected chi connectivity index (χ3v) is 4.52. The van der Waals surface area contributed by atoms with Crippen molar-refractivity contribution in [1.82, 2.24) is 10.6 Å². The molecule has 2 aromatic rings. The van der Waals surface area contributed by atoms with Crippen molar-refractivity contribution in [1.29, 1.82) is 0 Å². The minimum atomic E-state index is -0.0389. The molecule has 0 atom stereocenters. The van der Waals surface area contributed by atoms with Gasteiger partial charge >= 0.3 is 0 Å². The second kappa shape index (κ2) is 13.2. The number of unbranched alkanes of at least 4 members (excludes halogenated alkanes) is 1. The molecule has 0 bridgehead atoms. The van der Waals surface area contributed by atoms with Crippen molar-refractivity contribution in [2.45, 2.75) is 40.2 Å². The van der Waals surface area contributed by atoms with Crippen molar-refractivity contribution < 1.29 is 14.3 Å². The predicted octanol–water partition coefficient (Wildman–Crippen LogP) is 4.20. The van der Waals surface area contributed by atoms with Gasteiger partial charge in [0.25, 0.3) is 5.91 Å². The van der Waals surface area contributed by atoms with Crippen LogP contribution in [0.25, 0.3) is 0 Å². The Morgan fingerprint density at radius 1 is 1.00 bits per heavy atom. The molecule has 2 aromatic carbocycles. The molecule has 0 fully saturated rings. The topological polar surface area (TPSA) is 84.0 Å². The smallest absolute Gasteiger partial charge is 0.251 e. The van der Waals surface area contributed by atoms with Crippen LogP contribution in [-0.2, 0) is 6.54 Å². The Morgan fingerprint density at radius 3 is 2.42 bits per heavy atom. The third-order valence-electron chi connectivity index (χ3n) is 4.52. The van der Waals surface area contributed by atoms with Crippen LogP contribution in [0.4, 0.5) is 5.69 Å². The number of methoxy groups -OCH3 is 1. The fourth-order valence-electron chi connectivity index (χ4n) is 2.88. The molecule has 3 N–H and O–H groups in total. The van der Waals surface area contributed by atoms with Gasteiger partial charge in [-0.25, -0.2) is 4.99 Å². The molecule has 0 aliphatic carbocycles. The van der Waals surface area contributed by atoms with Gasteiger partial charge in [0.1, 0.15) is 0 Å². The summed E-state index contributed by atoms with van der Waals surface area (Å²) in [5.41, 5.74) is 2.53. The van der Waals surface area contributed by atoms with Gasteiger partial charge in [-0.15, -0.1) is 0 Å². The minimum absolute atomic E-state index is 0.0389. The first-order valence-corrected chi connectivity index (χ1v) is 10.8. The minimum Gasteiger partial charge on any atom is -0.493 e. The summed E-state index contributed by atoms with van der Waals surface area (Å²) in [7, 11) is 1.62. The van der Waals surface area contributed by atoms with Crippen LogP contribution in [0.2, 0.25) is 0 Å². The van der Waals surface area contributed by atoms with Crippen molar-refractivity contribution in [2.75, 3.05) is 32.1 Å². The first kappa shape index (κ1) is 24.1. The number of amides is 1. The van der Waals surface area contributed by atoms with Gasteiger partial charge in [-0.2, -0.15) is 0 Å². The normalized spacial score (nSPS) is 11.0. The van der Waals surface area contributed by atoms with Crippen LogP contribution in [-0.4, -0.2) is 38.7 Å². The first-order chi connectivity index (χ1) is 15.1. The van der Waals surface area contributed by atoms with Crippen LogP contribution in [0.15, 0.2) is 47.5 Å². The van der Waals surface area contributed by atoms with Gasteiger partial charge in [0.05, 0.1) is 20.3 Å². The molecule has 31 heavy (non-hydrogen) atoms. The number of rotatable bonds is 11. The van der Waals surface area contributed by atoms with Crippen molar-refractivity contribution in [3.63, 3.8) is 0 Å². The van der Waals surface area contributed by atoms with Gasteiger partial charge in [-0.3, -0.25) is 4.79 Å². The fraction of sp³-hybridized carbons (Fsp3) is 0.417. The summed E-state index contributed by atoms with van der Waals surface area (Å²) in [6.45, 7) is 8.55. The summed E-state index contributed by atoms with van der Waals surface area (Å²) in [6, 6.07) is 13.2. The molecule has 0 radical (unpaired) electrons. The standard InChI is InChI=1S/C24H34N4O3/c1-5-8-15-26-23(29)19-11-9-18(10-12-19)17-27-24(25-6-2)28-20-13-14-21(31-7-3)22(16-20)30-4/h9-14,16H,5-8,15,17H2,1-4H3,(H,26,29)(H2,25,27,28). The van der Waals surface area contributed by atoms with Crippen LogP contribution < -0.4 is 25.4 Å². The lowest BCUT2D eigenvalue weighted by Gasteiger charge is -2.14. The average Bonchev–Trinajstić information content (AvgIpc) is 2.79. The number of carbonyl (C=O) groups is 1. The van der Waals surface area contributed by atoms with Crippen LogP contribution in [0.5, 0.6) is 11.5 Å². The zero-order valence-electron chi connectivity index (χ0n) is 19.0.